The van der Waals surface area contributed by atoms with Gasteiger partial charge in [0.05, 0.1) is 5.84 Å². The monoisotopic (exact) mass is 210 g/mol. The number of hydrogen-bond donors (Lipinski definition) is 2. The molecule has 0 spiro atoms. The van der Waals surface area contributed by atoms with Crippen molar-refractivity contribution in [2.75, 3.05) is 5.75 Å². The van der Waals surface area contributed by atoms with Gasteiger partial charge in [-0.2, -0.15) is 0 Å². The number of aromatic nitrogens is 2. The zero-order valence-electron chi connectivity index (χ0n) is 8.16. The summed E-state index contributed by atoms with van der Waals surface area (Å²) >= 11 is 1.60. The Balaban J connectivity index is 2.25. The fraction of sp³-hybridized carbons (Fsp3) is 0.444. The van der Waals surface area contributed by atoms with Gasteiger partial charge in [-0.3, -0.25) is 5.41 Å². The van der Waals surface area contributed by atoms with Crippen LogP contribution in [0.1, 0.15) is 18.4 Å². The highest BCUT2D eigenvalue weighted by Crippen LogP contribution is 2.13. The van der Waals surface area contributed by atoms with E-state index in [-0.39, 0.29) is 5.84 Å². The van der Waals surface area contributed by atoms with Crippen LogP contribution in [-0.2, 0) is 0 Å². The lowest BCUT2D eigenvalue weighted by molar-refractivity contribution is 0.935. The highest BCUT2D eigenvalue weighted by molar-refractivity contribution is 7.99. The van der Waals surface area contributed by atoms with Crippen molar-refractivity contribution >= 4 is 17.6 Å². The Morgan fingerprint density at radius 1 is 1.50 bits per heavy atom. The summed E-state index contributed by atoms with van der Waals surface area (Å²) in [4.78, 5) is 8.32. The van der Waals surface area contributed by atoms with Crippen molar-refractivity contribution in [2.45, 2.75) is 24.9 Å². The van der Waals surface area contributed by atoms with E-state index in [9.17, 15) is 0 Å². The largest absolute Gasteiger partial charge is 0.388 e. The first-order valence-corrected chi connectivity index (χ1v) is 5.41. The number of hydrogen-bond acceptors (Lipinski definition) is 4. The zero-order chi connectivity index (χ0) is 10.4. The summed E-state index contributed by atoms with van der Waals surface area (Å²) in [6.07, 6.45) is 5.16. The molecule has 5 heteroatoms. The fourth-order valence-corrected chi connectivity index (χ4v) is 1.61. The highest BCUT2D eigenvalue weighted by atomic mass is 32.2. The van der Waals surface area contributed by atoms with Gasteiger partial charge in [0.15, 0.2) is 5.16 Å². The van der Waals surface area contributed by atoms with Gasteiger partial charge in [-0.05, 0) is 18.9 Å². The lowest BCUT2D eigenvalue weighted by atomic mass is 10.3. The number of rotatable bonds is 5. The van der Waals surface area contributed by atoms with Crippen LogP contribution in [0.2, 0.25) is 0 Å². The first kappa shape index (κ1) is 11.0. The van der Waals surface area contributed by atoms with E-state index in [1.807, 2.05) is 6.92 Å². The molecule has 14 heavy (non-hydrogen) atoms. The van der Waals surface area contributed by atoms with Gasteiger partial charge in [-0.25, -0.2) is 9.97 Å². The number of nitrogens with two attached hydrogens (primary N) is 1. The molecule has 0 unspecified atom stereocenters. The van der Waals surface area contributed by atoms with E-state index < -0.39 is 0 Å². The van der Waals surface area contributed by atoms with Crippen LogP contribution in [0.25, 0.3) is 0 Å². The molecule has 0 aliphatic carbocycles. The van der Waals surface area contributed by atoms with Crippen LogP contribution in [0.15, 0.2) is 17.6 Å². The SMILES string of the molecule is Cc1cnc(SCCCC(=N)N)nc1. The zero-order valence-corrected chi connectivity index (χ0v) is 8.97. The summed E-state index contributed by atoms with van der Waals surface area (Å²) in [5.74, 6) is 1.15. The van der Waals surface area contributed by atoms with Crippen LogP contribution in [0, 0.1) is 12.3 Å². The third-order valence-electron chi connectivity index (χ3n) is 1.58. The lowest BCUT2D eigenvalue weighted by Gasteiger charge is -1.99. The second-order valence-electron chi connectivity index (χ2n) is 3.02. The molecule has 1 rings (SSSR count). The molecular formula is C9H14N4S. The van der Waals surface area contributed by atoms with Crippen molar-refractivity contribution in [3.8, 4) is 0 Å². The van der Waals surface area contributed by atoms with Gasteiger partial charge in [0, 0.05) is 24.6 Å². The lowest BCUT2D eigenvalue weighted by Crippen LogP contribution is -2.08. The molecule has 4 nitrogen and oxygen atoms in total. The standard InChI is InChI=1S/C9H14N4S/c1-7-5-12-9(13-6-7)14-4-2-3-8(10)11/h5-6H,2-4H2,1H3,(H3,10,11). The van der Waals surface area contributed by atoms with E-state index in [4.69, 9.17) is 11.1 Å². The third-order valence-corrected chi connectivity index (χ3v) is 2.54. The third kappa shape index (κ3) is 4.23. The number of thioether (sulfide) groups is 1. The number of nitrogens with zero attached hydrogens (tertiary/aromatic N) is 2. The van der Waals surface area contributed by atoms with E-state index >= 15 is 0 Å². The Bertz CT molecular complexity index is 296. The first-order chi connectivity index (χ1) is 6.68. The van der Waals surface area contributed by atoms with Crippen LogP contribution >= 0.6 is 11.8 Å². The van der Waals surface area contributed by atoms with Gasteiger partial charge >= 0.3 is 0 Å². The molecule has 1 aromatic rings. The molecule has 0 fully saturated rings. The van der Waals surface area contributed by atoms with E-state index in [2.05, 4.69) is 9.97 Å². The van der Waals surface area contributed by atoms with Crippen LogP contribution in [0.3, 0.4) is 0 Å². The summed E-state index contributed by atoms with van der Waals surface area (Å²) in [6, 6.07) is 0. The molecule has 0 aliphatic heterocycles. The quantitative estimate of drug-likeness (QED) is 0.254. The van der Waals surface area contributed by atoms with Gasteiger partial charge < -0.3 is 5.73 Å². The van der Waals surface area contributed by atoms with Crippen molar-refractivity contribution in [2.24, 2.45) is 5.73 Å². The van der Waals surface area contributed by atoms with Gasteiger partial charge in [0.25, 0.3) is 0 Å². The average Bonchev–Trinajstić information content (AvgIpc) is 2.15. The molecular weight excluding hydrogens is 196 g/mol. The molecule has 1 aromatic heterocycles. The Labute approximate surface area is 87.8 Å². The summed E-state index contributed by atoms with van der Waals surface area (Å²) < 4.78 is 0. The van der Waals surface area contributed by atoms with E-state index in [0.29, 0.717) is 6.42 Å². The fourth-order valence-electron chi connectivity index (χ4n) is 0.881. The summed E-state index contributed by atoms with van der Waals surface area (Å²) in [7, 11) is 0. The van der Waals surface area contributed by atoms with Gasteiger partial charge in [-0.15, -0.1) is 0 Å². The topological polar surface area (TPSA) is 75.7 Å². The predicted octanol–water partition coefficient (Wildman–Crippen LogP) is 1.59. The van der Waals surface area contributed by atoms with Crippen LogP contribution < -0.4 is 5.73 Å². The minimum Gasteiger partial charge on any atom is -0.388 e. The second-order valence-corrected chi connectivity index (χ2v) is 4.08. The minimum atomic E-state index is 0.246. The molecule has 0 aliphatic rings. The van der Waals surface area contributed by atoms with Gasteiger partial charge in [0.2, 0.25) is 0 Å². The molecule has 1 heterocycles. The summed E-state index contributed by atoms with van der Waals surface area (Å²) in [5, 5.41) is 7.83. The van der Waals surface area contributed by atoms with Crippen LogP contribution in [-0.4, -0.2) is 21.6 Å². The van der Waals surface area contributed by atoms with Crippen molar-refractivity contribution in [3.05, 3.63) is 18.0 Å². The normalized spacial score (nSPS) is 10.1. The van der Waals surface area contributed by atoms with Gasteiger partial charge in [0.1, 0.15) is 0 Å². The second kappa shape index (κ2) is 5.59. The first-order valence-electron chi connectivity index (χ1n) is 4.43. The summed E-state index contributed by atoms with van der Waals surface area (Å²) in [5.41, 5.74) is 6.30. The number of nitrogens with one attached hydrogen (secondary N) is 1. The van der Waals surface area contributed by atoms with E-state index in [1.165, 1.54) is 0 Å². The Morgan fingerprint density at radius 2 is 2.14 bits per heavy atom. The van der Waals surface area contributed by atoms with Gasteiger partial charge in [-0.1, -0.05) is 11.8 Å². The molecule has 0 atom stereocenters. The van der Waals surface area contributed by atoms with Crippen LogP contribution in [0.4, 0.5) is 0 Å². The molecule has 0 radical (unpaired) electrons. The Morgan fingerprint density at radius 3 is 2.71 bits per heavy atom. The highest BCUT2D eigenvalue weighted by Gasteiger charge is 1.97. The Hall–Kier alpha value is -1.10. The summed E-state index contributed by atoms with van der Waals surface area (Å²) in [6.45, 7) is 1.96. The molecule has 76 valence electrons. The average molecular weight is 210 g/mol. The van der Waals surface area contributed by atoms with Crippen molar-refractivity contribution in [1.82, 2.24) is 9.97 Å². The Kier molecular flexibility index (Phi) is 4.39. The predicted molar refractivity (Wildman–Crippen MR) is 58.6 cm³/mol. The number of amidine groups is 1. The van der Waals surface area contributed by atoms with Crippen molar-refractivity contribution in [1.29, 1.82) is 5.41 Å². The van der Waals surface area contributed by atoms with E-state index in [1.54, 1.807) is 24.2 Å². The smallest absolute Gasteiger partial charge is 0.187 e. The molecule has 0 saturated carbocycles. The van der Waals surface area contributed by atoms with Crippen molar-refractivity contribution in [3.63, 3.8) is 0 Å². The molecule has 0 saturated heterocycles. The maximum atomic E-state index is 7.04. The molecule has 0 bridgehead atoms. The molecule has 0 aromatic carbocycles. The van der Waals surface area contributed by atoms with Crippen LogP contribution in [0.5, 0.6) is 0 Å². The number of aryl methyl sites for hydroxylation is 1. The molecule has 0 amide bonds. The maximum absolute atomic E-state index is 7.04. The van der Waals surface area contributed by atoms with E-state index in [0.717, 1.165) is 22.9 Å². The molecule has 3 N–H and O–H groups in total. The van der Waals surface area contributed by atoms with Crippen molar-refractivity contribution < 1.29 is 0 Å². The minimum absolute atomic E-state index is 0.246. The maximum Gasteiger partial charge on any atom is 0.187 e.